The molecule has 13 heteroatoms. The highest BCUT2D eigenvalue weighted by molar-refractivity contribution is 6.31. The Kier molecular flexibility index (Phi) is 7.52. The van der Waals surface area contributed by atoms with Gasteiger partial charge in [-0.3, -0.25) is 4.79 Å². The Labute approximate surface area is 245 Å². The Morgan fingerprint density at radius 2 is 1.88 bits per heavy atom. The molecule has 0 fully saturated rings. The molecule has 12 nitrogen and oxygen atoms in total. The molecular weight excluding hydrogens is 558 g/mol. The molecule has 0 radical (unpaired) electrons. The molecule has 3 heterocycles. The predicted octanol–water partition coefficient (Wildman–Crippen LogP) is 4.18. The summed E-state index contributed by atoms with van der Waals surface area (Å²) in [5.74, 6) is 0.336. The van der Waals surface area contributed by atoms with E-state index in [-0.39, 0.29) is 17.3 Å². The van der Waals surface area contributed by atoms with Crippen molar-refractivity contribution in [2.45, 2.75) is 26.5 Å². The van der Waals surface area contributed by atoms with Crippen molar-refractivity contribution in [2.75, 3.05) is 17.2 Å². The number of halogens is 1. The molecule has 0 atom stereocenters. The average molecular weight is 584 g/mol. The van der Waals surface area contributed by atoms with Gasteiger partial charge in [-0.1, -0.05) is 53.2 Å². The molecule has 0 spiro atoms. The number of nitrogens with zero attached hydrogens (tertiary/aromatic N) is 7. The van der Waals surface area contributed by atoms with E-state index in [0.717, 1.165) is 29.8 Å². The van der Waals surface area contributed by atoms with Gasteiger partial charge >= 0.3 is 0 Å². The van der Waals surface area contributed by atoms with Crippen molar-refractivity contribution in [3.63, 3.8) is 0 Å². The van der Waals surface area contributed by atoms with E-state index < -0.39 is 5.91 Å². The largest absolute Gasteiger partial charge is 0.489 e. The molecule has 0 unspecified atom stereocenters. The summed E-state index contributed by atoms with van der Waals surface area (Å²) in [6, 6.07) is 23.1. The highest BCUT2D eigenvalue weighted by Gasteiger charge is 2.28. The third-order valence-corrected chi connectivity index (χ3v) is 7.32. The van der Waals surface area contributed by atoms with Crippen LogP contribution in [-0.2, 0) is 19.6 Å². The lowest BCUT2D eigenvalue weighted by atomic mass is 10.1. The van der Waals surface area contributed by atoms with E-state index in [9.17, 15) is 4.79 Å². The number of amides is 1. The van der Waals surface area contributed by atoms with Crippen LogP contribution in [0.15, 0.2) is 82.5 Å². The second-order valence-electron chi connectivity index (χ2n) is 9.61. The molecule has 0 bridgehead atoms. The second kappa shape index (κ2) is 11.7. The smallest absolute Gasteiger partial charge is 0.293 e. The number of hydrogen-bond acceptors (Lipinski definition) is 10. The molecule has 3 N–H and O–H groups in total. The number of ether oxygens (including phenoxy) is 1. The zero-order valence-corrected chi connectivity index (χ0v) is 23.3. The van der Waals surface area contributed by atoms with Crippen LogP contribution in [0.3, 0.4) is 0 Å². The maximum absolute atomic E-state index is 13.3. The maximum Gasteiger partial charge on any atom is 0.293 e. The Balaban J connectivity index is 1.18. The van der Waals surface area contributed by atoms with Crippen LogP contribution in [0.2, 0.25) is 5.02 Å². The number of carbonyl (C=O) groups excluding carboxylic acids is 1. The van der Waals surface area contributed by atoms with E-state index in [1.54, 1.807) is 6.92 Å². The molecule has 1 aliphatic heterocycles. The van der Waals surface area contributed by atoms with Crippen molar-refractivity contribution in [1.29, 1.82) is 0 Å². The third kappa shape index (κ3) is 5.52. The first-order valence-corrected chi connectivity index (χ1v) is 13.5. The minimum atomic E-state index is -0.530. The van der Waals surface area contributed by atoms with Crippen molar-refractivity contribution in [3.05, 3.63) is 106 Å². The zero-order chi connectivity index (χ0) is 29.1. The fraction of sp³-hybridized carbons (Fsp3) is 0.172. The summed E-state index contributed by atoms with van der Waals surface area (Å²) < 4.78 is 12.0. The summed E-state index contributed by atoms with van der Waals surface area (Å²) in [7, 11) is 0. The van der Waals surface area contributed by atoms with Crippen LogP contribution >= 0.6 is 11.6 Å². The predicted molar refractivity (Wildman–Crippen MR) is 157 cm³/mol. The summed E-state index contributed by atoms with van der Waals surface area (Å²) in [6.07, 6.45) is 0.889. The lowest BCUT2D eigenvalue weighted by Gasteiger charge is -2.19. The minimum absolute atomic E-state index is 0.0306. The molecule has 2 aromatic heterocycles. The van der Waals surface area contributed by atoms with Gasteiger partial charge in [-0.05, 0) is 71.2 Å². The van der Waals surface area contributed by atoms with E-state index in [1.807, 2.05) is 66.7 Å². The Bertz CT molecular complexity index is 1760. The molecule has 6 rings (SSSR count). The minimum Gasteiger partial charge on any atom is -0.489 e. The molecule has 5 aromatic rings. The summed E-state index contributed by atoms with van der Waals surface area (Å²) in [4.78, 5) is 15.5. The number of nitrogens with two attached hydrogens (primary N) is 1. The Morgan fingerprint density at radius 1 is 1.10 bits per heavy atom. The fourth-order valence-corrected chi connectivity index (χ4v) is 4.89. The summed E-state index contributed by atoms with van der Waals surface area (Å²) in [6.45, 7) is 3.25. The van der Waals surface area contributed by atoms with E-state index >= 15 is 0 Å². The number of carbonyl (C=O) groups is 1. The van der Waals surface area contributed by atoms with Gasteiger partial charge in [0.25, 0.3) is 5.91 Å². The molecule has 0 saturated carbocycles. The quantitative estimate of drug-likeness (QED) is 0.192. The lowest BCUT2D eigenvalue weighted by molar-refractivity contribution is 0.0948. The number of nitrogens with one attached hydrogen (secondary N) is 1. The number of aromatic nitrogens is 5. The van der Waals surface area contributed by atoms with Crippen molar-refractivity contribution in [1.82, 2.24) is 30.7 Å². The standard InChI is InChI=1S/C29H26ClN9O3/c1-18(19-10-12-22(13-11-19)41-17-21-7-2-4-8-23(21)30)32-34-29(40)26-25(39(37-33-26)28-27(31)35-42-36-28)16-38-15-14-20-6-3-5-9-24(20)38/h2-13H,14-17H2,1H3,(H2,31,35)(H,34,40)/b32-18+. The SMILES string of the molecule is C/C(=N\NC(=O)c1nnn(-c2nonc2N)c1CN1CCc2ccccc21)c1ccc(OCc2ccccc2Cl)cc1. The summed E-state index contributed by atoms with van der Waals surface area (Å²) in [5, 5.41) is 20.7. The van der Waals surface area contributed by atoms with Crippen LogP contribution in [0.1, 0.15) is 39.8 Å². The second-order valence-corrected chi connectivity index (χ2v) is 10.0. The van der Waals surface area contributed by atoms with Gasteiger partial charge < -0.3 is 15.4 Å². The van der Waals surface area contributed by atoms with Gasteiger partial charge in [0.1, 0.15) is 12.4 Å². The average Bonchev–Trinajstić information content (AvgIpc) is 3.74. The van der Waals surface area contributed by atoms with Crippen LogP contribution in [0, 0.1) is 0 Å². The van der Waals surface area contributed by atoms with Gasteiger partial charge in [-0.2, -0.15) is 9.78 Å². The van der Waals surface area contributed by atoms with E-state index in [4.69, 9.17) is 26.7 Å². The van der Waals surface area contributed by atoms with Gasteiger partial charge in [0.15, 0.2) is 5.69 Å². The molecule has 1 aliphatic rings. The Morgan fingerprint density at radius 3 is 2.67 bits per heavy atom. The van der Waals surface area contributed by atoms with Crippen molar-refractivity contribution in [2.24, 2.45) is 5.10 Å². The maximum atomic E-state index is 13.3. The van der Waals surface area contributed by atoms with Crippen LogP contribution in [-0.4, -0.2) is 43.5 Å². The zero-order valence-electron chi connectivity index (χ0n) is 22.6. The van der Waals surface area contributed by atoms with Crippen molar-refractivity contribution in [3.8, 4) is 11.6 Å². The number of para-hydroxylation sites is 1. The van der Waals surface area contributed by atoms with Crippen LogP contribution < -0.4 is 20.8 Å². The van der Waals surface area contributed by atoms with Gasteiger partial charge in [0, 0.05) is 22.8 Å². The monoisotopic (exact) mass is 583 g/mol. The van der Waals surface area contributed by atoms with Gasteiger partial charge in [0.2, 0.25) is 11.6 Å². The molecule has 1 amide bonds. The first kappa shape index (κ1) is 27.0. The molecule has 0 saturated heterocycles. The summed E-state index contributed by atoms with van der Waals surface area (Å²) >= 11 is 6.21. The first-order valence-electron chi connectivity index (χ1n) is 13.1. The lowest BCUT2D eigenvalue weighted by Crippen LogP contribution is -2.26. The molecular formula is C29H26ClN9O3. The van der Waals surface area contributed by atoms with Gasteiger partial charge in [-0.25, -0.2) is 10.1 Å². The molecule has 212 valence electrons. The highest BCUT2D eigenvalue weighted by atomic mass is 35.5. The number of fused-ring (bicyclic) bond motifs is 1. The third-order valence-electron chi connectivity index (χ3n) is 6.95. The number of anilines is 2. The van der Waals surface area contributed by atoms with Gasteiger partial charge in [0.05, 0.1) is 18.0 Å². The van der Waals surface area contributed by atoms with Crippen LogP contribution in [0.25, 0.3) is 5.82 Å². The Hall–Kier alpha value is -5.23. The number of nitrogen functional groups attached to an aromatic ring is 1. The molecule has 0 aliphatic carbocycles. The van der Waals surface area contributed by atoms with E-state index in [0.29, 0.717) is 35.3 Å². The fourth-order valence-electron chi connectivity index (χ4n) is 4.70. The van der Waals surface area contributed by atoms with Crippen molar-refractivity contribution < 1.29 is 14.2 Å². The van der Waals surface area contributed by atoms with Crippen LogP contribution in [0.4, 0.5) is 11.5 Å². The molecule has 3 aromatic carbocycles. The van der Waals surface area contributed by atoms with E-state index in [2.05, 4.69) is 42.1 Å². The van der Waals surface area contributed by atoms with Crippen LogP contribution in [0.5, 0.6) is 5.75 Å². The number of benzene rings is 3. The highest BCUT2D eigenvalue weighted by Crippen LogP contribution is 2.30. The molecule has 42 heavy (non-hydrogen) atoms. The topological polar surface area (TPSA) is 150 Å². The number of rotatable bonds is 9. The van der Waals surface area contributed by atoms with E-state index in [1.165, 1.54) is 10.2 Å². The first-order chi connectivity index (χ1) is 20.5. The van der Waals surface area contributed by atoms with Gasteiger partial charge in [-0.15, -0.1) is 5.10 Å². The number of hydrazone groups is 1. The summed E-state index contributed by atoms with van der Waals surface area (Å²) in [5.41, 5.74) is 13.7. The number of hydrogen-bond donors (Lipinski definition) is 2. The normalized spacial score (nSPS) is 12.8. The van der Waals surface area contributed by atoms with Crippen molar-refractivity contribution >= 4 is 34.7 Å².